The monoisotopic (exact) mass is 239 g/mol. The summed E-state index contributed by atoms with van der Waals surface area (Å²) in [7, 11) is -1.89. The molecule has 1 aliphatic heterocycles. The van der Waals surface area contributed by atoms with E-state index < -0.39 is 10.4 Å². The van der Waals surface area contributed by atoms with Crippen LogP contribution in [0.3, 0.4) is 0 Å². The van der Waals surface area contributed by atoms with Crippen LogP contribution in [0.4, 0.5) is 0 Å². The molecule has 0 saturated carbocycles. The molecular formula is C8H17NO5S. The summed E-state index contributed by atoms with van der Waals surface area (Å²) in [5.74, 6) is 0. The zero-order valence-corrected chi connectivity index (χ0v) is 9.75. The van der Waals surface area contributed by atoms with Gasteiger partial charge in [-0.15, -0.1) is 0 Å². The van der Waals surface area contributed by atoms with Crippen LogP contribution in [0.2, 0.25) is 0 Å². The fraction of sp³-hybridized carbons (Fsp3) is 0.750. The van der Waals surface area contributed by atoms with Crippen molar-refractivity contribution in [1.82, 2.24) is 0 Å². The standard InChI is InChI=1S/C7H13NO.CH4O4S/c1-9-6-7-2-4-8-5-3-7;1-5-6(2,3)4/h6,8H,2-5H2,1H3;1H3,(H,2,3,4). The van der Waals surface area contributed by atoms with E-state index in [-0.39, 0.29) is 0 Å². The number of hydrogen-bond donors (Lipinski definition) is 1. The Morgan fingerprint density at radius 2 is 1.80 bits per heavy atom. The summed E-state index contributed by atoms with van der Waals surface area (Å²) in [6.07, 6.45) is 4.29. The summed E-state index contributed by atoms with van der Waals surface area (Å²) < 4.78 is 35.9. The van der Waals surface area contributed by atoms with Crippen LogP contribution in [0, 0.1) is 0 Å². The van der Waals surface area contributed by atoms with Crippen molar-refractivity contribution >= 4 is 10.4 Å². The van der Waals surface area contributed by atoms with Gasteiger partial charge >= 0.3 is 0 Å². The molecule has 0 radical (unpaired) electrons. The lowest BCUT2D eigenvalue weighted by Crippen LogP contribution is -2.85. The maximum atomic E-state index is 9.22. The smallest absolute Gasteiger partial charge is 0.217 e. The highest BCUT2D eigenvalue weighted by Crippen LogP contribution is 2.05. The van der Waals surface area contributed by atoms with Gasteiger partial charge in [-0.1, -0.05) is 0 Å². The summed E-state index contributed by atoms with van der Waals surface area (Å²) in [4.78, 5) is 0. The maximum absolute atomic E-state index is 9.22. The average molecular weight is 239 g/mol. The van der Waals surface area contributed by atoms with Crippen molar-refractivity contribution in [2.24, 2.45) is 0 Å². The summed E-state index contributed by atoms with van der Waals surface area (Å²) in [6.45, 7) is 2.46. The van der Waals surface area contributed by atoms with E-state index in [9.17, 15) is 13.0 Å². The van der Waals surface area contributed by atoms with Gasteiger partial charge in [0, 0.05) is 12.8 Å². The molecule has 0 spiro atoms. The van der Waals surface area contributed by atoms with Crippen LogP contribution >= 0.6 is 0 Å². The van der Waals surface area contributed by atoms with Crippen molar-refractivity contribution in [2.75, 3.05) is 27.3 Å². The van der Waals surface area contributed by atoms with E-state index in [4.69, 9.17) is 4.74 Å². The second kappa shape index (κ2) is 7.63. The van der Waals surface area contributed by atoms with Crippen LogP contribution < -0.4 is 5.32 Å². The minimum absolute atomic E-state index is 0.808. The van der Waals surface area contributed by atoms with Crippen LogP contribution in [0.25, 0.3) is 0 Å². The third-order valence-electron chi connectivity index (χ3n) is 1.83. The third-order valence-corrected chi connectivity index (χ3v) is 2.24. The number of ether oxygens (including phenoxy) is 1. The first-order valence-electron chi connectivity index (χ1n) is 4.53. The Hall–Kier alpha value is -0.630. The SMILES string of the molecule is COC=C1CC[NH2+]CC1.COS(=O)(=O)[O-]. The molecule has 6 nitrogen and oxygen atoms in total. The Morgan fingerprint density at radius 1 is 1.33 bits per heavy atom. The van der Waals surface area contributed by atoms with E-state index >= 15 is 0 Å². The second-order valence-electron chi connectivity index (χ2n) is 2.95. The molecule has 90 valence electrons. The molecule has 1 saturated heterocycles. The minimum atomic E-state index is -4.41. The number of quaternary nitrogens is 1. The van der Waals surface area contributed by atoms with E-state index in [0.717, 1.165) is 7.11 Å². The maximum Gasteiger partial charge on any atom is 0.217 e. The number of hydrogen-bond acceptors (Lipinski definition) is 5. The van der Waals surface area contributed by atoms with Gasteiger partial charge in [-0.2, -0.15) is 0 Å². The molecule has 0 unspecified atom stereocenters. The number of piperidine rings is 1. The Kier molecular flexibility index (Phi) is 7.31. The second-order valence-corrected chi connectivity index (χ2v) is 4.10. The van der Waals surface area contributed by atoms with Crippen LogP contribution in [0.1, 0.15) is 12.8 Å². The Morgan fingerprint density at radius 3 is 2.13 bits per heavy atom. The number of nitrogens with two attached hydrogens (primary N) is 1. The lowest BCUT2D eigenvalue weighted by atomic mass is 10.1. The van der Waals surface area contributed by atoms with E-state index in [2.05, 4.69) is 9.50 Å². The molecule has 1 heterocycles. The average Bonchev–Trinajstić information content (AvgIpc) is 2.20. The molecule has 15 heavy (non-hydrogen) atoms. The normalized spacial score (nSPS) is 16.3. The number of methoxy groups -OCH3 is 1. The fourth-order valence-electron chi connectivity index (χ4n) is 1.13. The van der Waals surface area contributed by atoms with Gasteiger partial charge in [-0.25, -0.2) is 8.42 Å². The highest BCUT2D eigenvalue weighted by Gasteiger charge is 2.06. The zero-order valence-electron chi connectivity index (χ0n) is 8.93. The van der Waals surface area contributed by atoms with Gasteiger partial charge in [0.05, 0.1) is 33.6 Å². The largest absolute Gasteiger partial charge is 0.726 e. The quantitative estimate of drug-likeness (QED) is 0.378. The molecule has 1 aliphatic rings. The molecule has 0 aromatic heterocycles. The number of rotatable bonds is 2. The van der Waals surface area contributed by atoms with Crippen molar-refractivity contribution in [2.45, 2.75) is 12.8 Å². The molecular weight excluding hydrogens is 222 g/mol. The van der Waals surface area contributed by atoms with Crippen molar-refractivity contribution in [3.8, 4) is 0 Å². The van der Waals surface area contributed by atoms with Gasteiger partial charge in [0.15, 0.2) is 0 Å². The van der Waals surface area contributed by atoms with Crippen LogP contribution in [0.15, 0.2) is 11.8 Å². The van der Waals surface area contributed by atoms with E-state index in [1.807, 2.05) is 6.26 Å². The molecule has 1 fully saturated rings. The summed E-state index contributed by atoms with van der Waals surface area (Å²) >= 11 is 0. The molecule has 0 amide bonds. The van der Waals surface area contributed by atoms with Crippen LogP contribution in [-0.2, 0) is 19.3 Å². The first-order chi connectivity index (χ1) is 6.99. The van der Waals surface area contributed by atoms with Gasteiger partial charge in [0.25, 0.3) is 0 Å². The van der Waals surface area contributed by atoms with E-state index in [0.29, 0.717) is 0 Å². The van der Waals surface area contributed by atoms with Gasteiger partial charge in [-0.3, -0.25) is 4.18 Å². The summed E-state index contributed by atoms with van der Waals surface area (Å²) in [6, 6.07) is 0. The molecule has 0 aromatic rings. The van der Waals surface area contributed by atoms with Gasteiger partial charge in [-0.05, 0) is 5.57 Å². The van der Waals surface area contributed by atoms with Crippen molar-refractivity contribution in [3.63, 3.8) is 0 Å². The van der Waals surface area contributed by atoms with E-state index in [1.54, 1.807) is 7.11 Å². The van der Waals surface area contributed by atoms with E-state index in [1.165, 1.54) is 31.5 Å². The van der Waals surface area contributed by atoms with Crippen molar-refractivity contribution in [1.29, 1.82) is 0 Å². The first-order valence-corrected chi connectivity index (χ1v) is 5.86. The first kappa shape index (κ1) is 14.4. The topological polar surface area (TPSA) is 92.3 Å². The zero-order chi connectivity index (χ0) is 11.7. The van der Waals surface area contributed by atoms with Crippen LogP contribution in [0.5, 0.6) is 0 Å². The summed E-state index contributed by atoms with van der Waals surface area (Å²) in [5.41, 5.74) is 1.46. The molecule has 0 aromatic carbocycles. The molecule has 0 atom stereocenters. The van der Waals surface area contributed by atoms with Crippen molar-refractivity contribution in [3.05, 3.63) is 11.8 Å². The van der Waals surface area contributed by atoms with Crippen molar-refractivity contribution < 1.29 is 27.2 Å². The lowest BCUT2D eigenvalue weighted by Gasteiger charge is -2.11. The fourth-order valence-corrected chi connectivity index (χ4v) is 1.13. The Bertz CT molecular complexity index is 277. The third kappa shape index (κ3) is 9.67. The molecule has 1 rings (SSSR count). The van der Waals surface area contributed by atoms with Gasteiger partial charge < -0.3 is 14.6 Å². The van der Waals surface area contributed by atoms with Gasteiger partial charge in [0.2, 0.25) is 10.4 Å². The Balaban J connectivity index is 0.000000288. The van der Waals surface area contributed by atoms with Crippen LogP contribution in [-0.4, -0.2) is 40.3 Å². The predicted molar refractivity (Wildman–Crippen MR) is 52.7 cm³/mol. The minimum Gasteiger partial charge on any atom is -0.726 e. The summed E-state index contributed by atoms with van der Waals surface area (Å²) in [5, 5.41) is 2.34. The predicted octanol–water partition coefficient (Wildman–Crippen LogP) is -1.03. The Labute approximate surface area is 90.2 Å². The highest BCUT2D eigenvalue weighted by atomic mass is 32.3. The molecule has 0 bridgehead atoms. The van der Waals surface area contributed by atoms with Gasteiger partial charge in [0.1, 0.15) is 0 Å². The molecule has 7 heteroatoms. The molecule has 0 aliphatic carbocycles. The molecule has 2 N–H and O–H groups in total. The highest BCUT2D eigenvalue weighted by molar-refractivity contribution is 7.80. The lowest BCUT2D eigenvalue weighted by molar-refractivity contribution is -0.658.